The first-order valence-electron chi connectivity index (χ1n) is 9.34. The molecule has 3 rings (SSSR count). The van der Waals surface area contributed by atoms with E-state index in [0.717, 1.165) is 22.7 Å². The van der Waals surface area contributed by atoms with Gasteiger partial charge in [0.2, 0.25) is 0 Å². The lowest BCUT2D eigenvalue weighted by Gasteiger charge is -2.13. The van der Waals surface area contributed by atoms with E-state index in [9.17, 15) is 4.79 Å². The maximum atomic E-state index is 12.4. The SMILES string of the molecule is CC(C)c1ccc(Nc2ccc(C(=O)Nc3ccc(N(C)C)cc3)nc2)cc1. The van der Waals surface area contributed by atoms with Crippen molar-refractivity contribution in [2.45, 2.75) is 19.8 Å². The molecule has 2 aromatic carbocycles. The van der Waals surface area contributed by atoms with Crippen LogP contribution in [0.2, 0.25) is 0 Å². The number of aromatic nitrogens is 1. The van der Waals surface area contributed by atoms with Gasteiger partial charge in [-0.1, -0.05) is 26.0 Å². The Labute approximate surface area is 166 Å². The molecule has 0 unspecified atom stereocenters. The number of pyridine rings is 1. The molecule has 28 heavy (non-hydrogen) atoms. The van der Waals surface area contributed by atoms with Gasteiger partial charge in [-0.2, -0.15) is 0 Å². The third-order valence-corrected chi connectivity index (χ3v) is 4.50. The first kappa shape index (κ1) is 19.4. The Balaban J connectivity index is 1.62. The molecular weight excluding hydrogens is 348 g/mol. The van der Waals surface area contributed by atoms with E-state index in [1.54, 1.807) is 12.3 Å². The summed E-state index contributed by atoms with van der Waals surface area (Å²) in [6.45, 7) is 4.35. The van der Waals surface area contributed by atoms with Crippen LogP contribution in [0.4, 0.5) is 22.7 Å². The topological polar surface area (TPSA) is 57.3 Å². The lowest BCUT2D eigenvalue weighted by molar-refractivity contribution is 0.102. The molecule has 0 saturated heterocycles. The van der Waals surface area contributed by atoms with Crippen LogP contribution < -0.4 is 15.5 Å². The van der Waals surface area contributed by atoms with Crippen LogP contribution >= 0.6 is 0 Å². The summed E-state index contributed by atoms with van der Waals surface area (Å²) in [6, 6.07) is 19.6. The minimum Gasteiger partial charge on any atom is -0.378 e. The molecular formula is C23H26N4O. The monoisotopic (exact) mass is 374 g/mol. The molecule has 0 radical (unpaired) electrons. The van der Waals surface area contributed by atoms with Gasteiger partial charge < -0.3 is 15.5 Å². The van der Waals surface area contributed by atoms with E-state index in [4.69, 9.17) is 0 Å². The highest BCUT2D eigenvalue weighted by molar-refractivity contribution is 6.03. The van der Waals surface area contributed by atoms with Gasteiger partial charge in [0.05, 0.1) is 11.9 Å². The van der Waals surface area contributed by atoms with Crippen molar-refractivity contribution in [2.24, 2.45) is 0 Å². The largest absolute Gasteiger partial charge is 0.378 e. The number of hydrogen-bond donors (Lipinski definition) is 2. The molecule has 0 saturated carbocycles. The summed E-state index contributed by atoms with van der Waals surface area (Å²) in [6.07, 6.45) is 1.67. The van der Waals surface area contributed by atoms with Crippen molar-refractivity contribution in [2.75, 3.05) is 29.6 Å². The van der Waals surface area contributed by atoms with Crippen molar-refractivity contribution >= 4 is 28.7 Å². The van der Waals surface area contributed by atoms with Crippen LogP contribution in [0.15, 0.2) is 66.9 Å². The van der Waals surface area contributed by atoms with Crippen LogP contribution in [0, 0.1) is 0 Å². The van der Waals surface area contributed by atoms with Crippen molar-refractivity contribution < 1.29 is 4.79 Å². The standard InChI is InChI=1S/C23H26N4O/c1-16(2)17-5-7-18(8-6-17)25-20-11-14-22(24-15-20)23(28)26-19-9-12-21(13-10-19)27(3)4/h5-16,25H,1-4H3,(H,26,28). The number of rotatable bonds is 6. The highest BCUT2D eigenvalue weighted by atomic mass is 16.1. The summed E-state index contributed by atoms with van der Waals surface area (Å²) in [7, 11) is 3.96. The number of anilines is 4. The van der Waals surface area contributed by atoms with E-state index < -0.39 is 0 Å². The van der Waals surface area contributed by atoms with Gasteiger partial charge in [-0.25, -0.2) is 4.98 Å². The molecule has 1 amide bonds. The van der Waals surface area contributed by atoms with Gasteiger partial charge in [0.25, 0.3) is 5.91 Å². The number of nitrogens with one attached hydrogen (secondary N) is 2. The molecule has 5 nitrogen and oxygen atoms in total. The second-order valence-electron chi connectivity index (χ2n) is 7.23. The Morgan fingerprint density at radius 3 is 2.00 bits per heavy atom. The molecule has 144 valence electrons. The molecule has 2 N–H and O–H groups in total. The van der Waals surface area contributed by atoms with Gasteiger partial charge >= 0.3 is 0 Å². The second-order valence-corrected chi connectivity index (χ2v) is 7.23. The minimum atomic E-state index is -0.231. The van der Waals surface area contributed by atoms with Crippen LogP contribution in [0.3, 0.4) is 0 Å². The number of hydrogen-bond acceptors (Lipinski definition) is 4. The Hall–Kier alpha value is -3.34. The maximum Gasteiger partial charge on any atom is 0.274 e. The summed E-state index contributed by atoms with van der Waals surface area (Å²) in [5.74, 6) is 0.276. The quantitative estimate of drug-likeness (QED) is 0.617. The van der Waals surface area contributed by atoms with Crippen LogP contribution in [-0.4, -0.2) is 25.0 Å². The van der Waals surface area contributed by atoms with Crippen molar-refractivity contribution in [1.29, 1.82) is 0 Å². The average molecular weight is 374 g/mol. The summed E-state index contributed by atoms with van der Waals surface area (Å²) in [5.41, 5.74) is 5.32. The Morgan fingerprint density at radius 1 is 0.857 bits per heavy atom. The van der Waals surface area contributed by atoms with Gasteiger partial charge in [0.15, 0.2) is 0 Å². The normalized spacial score (nSPS) is 10.6. The molecule has 0 atom stereocenters. The van der Waals surface area contributed by atoms with Crippen molar-refractivity contribution in [3.8, 4) is 0 Å². The van der Waals surface area contributed by atoms with E-state index in [2.05, 4.69) is 41.6 Å². The highest BCUT2D eigenvalue weighted by Gasteiger charge is 2.08. The Morgan fingerprint density at radius 2 is 1.46 bits per heavy atom. The summed E-state index contributed by atoms with van der Waals surface area (Å²) < 4.78 is 0. The fourth-order valence-electron chi connectivity index (χ4n) is 2.76. The minimum absolute atomic E-state index is 0.231. The molecule has 0 aliphatic heterocycles. The van der Waals surface area contributed by atoms with Crippen molar-refractivity contribution in [3.05, 3.63) is 78.1 Å². The van der Waals surface area contributed by atoms with Gasteiger partial charge in [0.1, 0.15) is 5.69 Å². The first-order chi connectivity index (χ1) is 13.4. The van der Waals surface area contributed by atoms with Crippen molar-refractivity contribution in [1.82, 2.24) is 4.98 Å². The summed E-state index contributed by atoms with van der Waals surface area (Å²) in [4.78, 5) is 18.7. The molecule has 0 fully saturated rings. The Bertz CT molecular complexity index is 914. The van der Waals surface area contributed by atoms with Crippen LogP contribution in [-0.2, 0) is 0 Å². The molecule has 0 spiro atoms. The highest BCUT2D eigenvalue weighted by Crippen LogP contribution is 2.21. The van der Waals surface area contributed by atoms with E-state index in [0.29, 0.717) is 11.6 Å². The molecule has 1 aromatic heterocycles. The van der Waals surface area contributed by atoms with E-state index in [1.165, 1.54) is 5.56 Å². The van der Waals surface area contributed by atoms with Crippen LogP contribution in [0.1, 0.15) is 35.8 Å². The number of amides is 1. The second kappa shape index (κ2) is 8.57. The van der Waals surface area contributed by atoms with Gasteiger partial charge in [0, 0.05) is 31.2 Å². The van der Waals surface area contributed by atoms with E-state index in [-0.39, 0.29) is 5.91 Å². The zero-order chi connectivity index (χ0) is 20.1. The average Bonchev–Trinajstić information content (AvgIpc) is 2.69. The fourth-order valence-corrected chi connectivity index (χ4v) is 2.76. The third kappa shape index (κ3) is 4.88. The number of carbonyl (C=O) groups is 1. The Kier molecular flexibility index (Phi) is 5.94. The van der Waals surface area contributed by atoms with Crippen LogP contribution in [0.5, 0.6) is 0 Å². The third-order valence-electron chi connectivity index (χ3n) is 4.50. The molecule has 0 aliphatic carbocycles. The van der Waals surface area contributed by atoms with Gasteiger partial charge in [-0.15, -0.1) is 0 Å². The predicted octanol–water partition coefficient (Wildman–Crippen LogP) is 5.27. The fraction of sp³-hybridized carbons (Fsp3) is 0.217. The molecule has 5 heteroatoms. The first-order valence-corrected chi connectivity index (χ1v) is 9.34. The number of carbonyl (C=O) groups excluding carboxylic acids is 1. The molecule has 3 aromatic rings. The van der Waals surface area contributed by atoms with E-state index >= 15 is 0 Å². The van der Waals surface area contributed by atoms with Crippen molar-refractivity contribution in [3.63, 3.8) is 0 Å². The van der Waals surface area contributed by atoms with E-state index in [1.807, 2.05) is 61.5 Å². The molecule has 1 heterocycles. The summed E-state index contributed by atoms with van der Waals surface area (Å²) >= 11 is 0. The lowest BCUT2D eigenvalue weighted by atomic mass is 10.0. The van der Waals surface area contributed by atoms with Gasteiger partial charge in [-0.05, 0) is 60.0 Å². The van der Waals surface area contributed by atoms with Gasteiger partial charge in [-0.3, -0.25) is 4.79 Å². The summed E-state index contributed by atoms with van der Waals surface area (Å²) in [5, 5.41) is 6.17. The predicted molar refractivity (Wildman–Crippen MR) is 117 cm³/mol. The zero-order valence-corrected chi connectivity index (χ0v) is 16.7. The lowest BCUT2D eigenvalue weighted by Crippen LogP contribution is -2.14. The smallest absolute Gasteiger partial charge is 0.274 e. The van der Waals surface area contributed by atoms with Crippen LogP contribution in [0.25, 0.3) is 0 Å². The maximum absolute atomic E-state index is 12.4. The number of nitrogens with zero attached hydrogens (tertiary/aromatic N) is 2. The molecule has 0 aliphatic rings. The molecule has 0 bridgehead atoms. The number of benzene rings is 2. The zero-order valence-electron chi connectivity index (χ0n) is 16.7.